The highest BCUT2D eigenvalue weighted by Crippen LogP contribution is 2.47. The topological polar surface area (TPSA) is 214 Å². The van der Waals surface area contributed by atoms with Gasteiger partial charge in [0.1, 0.15) is 27.9 Å². The van der Waals surface area contributed by atoms with Gasteiger partial charge in [-0.2, -0.15) is 4.98 Å². The first-order chi connectivity index (χ1) is 36.9. The molecule has 1 amide bonds. The van der Waals surface area contributed by atoms with E-state index in [1.54, 1.807) is 19.2 Å². The number of sulfonamides is 1. The van der Waals surface area contributed by atoms with Crippen LogP contribution in [0.4, 0.5) is 21.6 Å². The van der Waals surface area contributed by atoms with Crippen LogP contribution in [0.5, 0.6) is 23.3 Å². The molecule has 4 N–H and O–H groups in total. The van der Waals surface area contributed by atoms with Crippen molar-refractivity contribution in [2.45, 2.75) is 101 Å². The maximum Gasteiger partial charge on any atom is 0.268 e. The molecule has 77 heavy (non-hydrogen) atoms. The van der Waals surface area contributed by atoms with E-state index in [0.29, 0.717) is 48.2 Å². The van der Waals surface area contributed by atoms with E-state index < -0.39 is 32.2 Å². The summed E-state index contributed by atoms with van der Waals surface area (Å²) in [6, 6.07) is 21.0. The highest BCUT2D eigenvalue weighted by atomic mass is 32.2. The van der Waals surface area contributed by atoms with Crippen molar-refractivity contribution < 1.29 is 36.9 Å². The molecular weight excluding hydrogens is 1000 g/mol. The Kier molecular flexibility index (Phi) is 15.4. The van der Waals surface area contributed by atoms with Gasteiger partial charge in [-0.15, -0.1) is 0 Å². The Labute approximate surface area is 450 Å². The summed E-state index contributed by atoms with van der Waals surface area (Å²) in [5.74, 6) is 0.214. The average molecular weight is 1070 g/mol. The zero-order valence-electron chi connectivity index (χ0n) is 44.7. The number of likely N-dealkylation sites (tertiary alicyclic amines) is 2. The molecule has 20 heteroatoms. The molecule has 3 aliphatic heterocycles. The number of aromatic nitrogens is 4. The number of carbonyl (C=O) groups is 1. The average Bonchev–Trinajstić information content (AvgIpc) is 3.82. The predicted molar refractivity (Wildman–Crippen MR) is 294 cm³/mol. The number of hydrogen-bond donors (Lipinski definition) is 4. The maximum absolute atomic E-state index is 14.9. The molecule has 1 aliphatic carbocycles. The second kappa shape index (κ2) is 22.0. The van der Waals surface area contributed by atoms with Crippen LogP contribution in [0.1, 0.15) is 105 Å². The fraction of sp³-hybridized carbons (Fsp3) is 0.474. The van der Waals surface area contributed by atoms with E-state index in [1.165, 1.54) is 55.2 Å². The normalized spacial score (nSPS) is 21.9. The number of rotatable bonds is 17. The number of hydrogen-bond acceptors (Lipinski definition) is 16. The summed E-state index contributed by atoms with van der Waals surface area (Å²) in [5, 5.41) is 27.0. The summed E-state index contributed by atoms with van der Waals surface area (Å²) < 4.78 is 62.5. The number of fused-ring (bicyclic) bond motifs is 1. The van der Waals surface area contributed by atoms with Gasteiger partial charge in [0, 0.05) is 107 Å². The number of carbonyl (C=O) groups excluding carboxylic acids is 1. The Hall–Kier alpha value is -6.58. The van der Waals surface area contributed by atoms with E-state index in [2.05, 4.69) is 88.9 Å². The van der Waals surface area contributed by atoms with Crippen LogP contribution >= 0.6 is 0 Å². The number of amides is 1. The van der Waals surface area contributed by atoms with Gasteiger partial charge in [-0.3, -0.25) is 14.6 Å². The van der Waals surface area contributed by atoms with E-state index >= 15 is 0 Å². The third-order valence-corrected chi connectivity index (χ3v) is 17.8. The van der Waals surface area contributed by atoms with Crippen LogP contribution in [-0.2, 0) is 16.6 Å². The molecule has 10 rings (SSSR count). The van der Waals surface area contributed by atoms with Crippen molar-refractivity contribution in [3.63, 3.8) is 0 Å². The molecule has 1 saturated carbocycles. The van der Waals surface area contributed by atoms with Crippen molar-refractivity contribution in [2.24, 2.45) is 11.3 Å². The minimum atomic E-state index is -4.61. The van der Waals surface area contributed by atoms with E-state index in [4.69, 9.17) is 14.2 Å². The maximum atomic E-state index is 14.9. The highest BCUT2D eigenvalue weighted by Gasteiger charge is 2.49. The van der Waals surface area contributed by atoms with Crippen molar-refractivity contribution in [3.05, 3.63) is 119 Å². The number of aromatic amines is 1. The number of benzene rings is 2. The lowest BCUT2D eigenvalue weighted by molar-refractivity contribution is -0.0686. The molecule has 0 radical (unpaired) electrons. The van der Waals surface area contributed by atoms with Gasteiger partial charge >= 0.3 is 0 Å². The van der Waals surface area contributed by atoms with Crippen molar-refractivity contribution in [1.29, 1.82) is 0 Å². The monoisotopic (exact) mass is 1070 g/mol. The number of anilines is 3. The van der Waals surface area contributed by atoms with E-state index in [-0.39, 0.29) is 56.8 Å². The zero-order valence-corrected chi connectivity index (χ0v) is 45.5. The number of piperidine rings is 2. The van der Waals surface area contributed by atoms with Gasteiger partial charge in [0.25, 0.3) is 21.8 Å². The van der Waals surface area contributed by atoms with Crippen LogP contribution in [0.2, 0.25) is 0 Å². The fourth-order valence-corrected chi connectivity index (χ4v) is 13.0. The van der Waals surface area contributed by atoms with Crippen LogP contribution in [0.3, 0.4) is 0 Å². The molecule has 18 nitrogen and oxygen atoms in total. The molecule has 2 aromatic carbocycles. The number of nitrogens with zero attached hydrogens (tertiary/aromatic N) is 7. The second-order valence-corrected chi connectivity index (χ2v) is 23.9. The van der Waals surface area contributed by atoms with Gasteiger partial charge in [0.2, 0.25) is 5.88 Å². The van der Waals surface area contributed by atoms with Gasteiger partial charge in [-0.25, -0.2) is 27.5 Å². The molecule has 2 atom stereocenters. The molecular formula is C57H70FN10O8S-. The van der Waals surface area contributed by atoms with E-state index in [0.717, 1.165) is 89.8 Å². The lowest BCUT2D eigenvalue weighted by atomic mass is 9.69. The number of halogens is 1. The van der Waals surface area contributed by atoms with Gasteiger partial charge in [0.05, 0.1) is 36.5 Å². The number of nitrogens with one attached hydrogen (secondary N) is 3. The predicted octanol–water partition coefficient (Wildman–Crippen LogP) is 8.79. The summed E-state index contributed by atoms with van der Waals surface area (Å²) in [4.78, 5) is 37.2. The number of pyridine rings is 3. The Bertz CT molecular complexity index is 3200. The van der Waals surface area contributed by atoms with Crippen LogP contribution in [-0.4, -0.2) is 128 Å². The summed E-state index contributed by atoms with van der Waals surface area (Å²) in [7, 11) is -0.330. The minimum Gasteiger partial charge on any atom is -0.758 e. The van der Waals surface area contributed by atoms with Crippen LogP contribution in [0, 0.1) is 22.4 Å². The molecule has 410 valence electrons. The molecule has 4 aliphatic rings. The zero-order chi connectivity index (χ0) is 54.2. The largest absolute Gasteiger partial charge is 0.758 e. The van der Waals surface area contributed by atoms with Crippen molar-refractivity contribution in [2.75, 3.05) is 82.4 Å². The molecule has 4 aromatic heterocycles. The summed E-state index contributed by atoms with van der Waals surface area (Å²) in [5.41, 5.74) is 4.29. The molecule has 3 saturated heterocycles. The van der Waals surface area contributed by atoms with Crippen LogP contribution in [0.25, 0.3) is 11.0 Å². The summed E-state index contributed by atoms with van der Waals surface area (Å²) >= 11 is 0. The quantitative estimate of drug-likeness (QED) is 0.0628. The van der Waals surface area contributed by atoms with Crippen LogP contribution in [0.15, 0.2) is 90.2 Å². The third-order valence-electron chi connectivity index (χ3n) is 16.5. The SMILES string of the molecule is COc1cc(CN2CCC(N3CC4(CCN(c5ccc(C(=O)NS(=O)(=O)c6cnc(NCC7CCC(C)(O)CC7)c(N(C)[O-])c6)c(Oc6cc7c(F)c[nH]c7nc6OC)c5)CC4)C3)C(c3ccccc3C(C)C)C2)ccn1. The lowest BCUT2D eigenvalue weighted by Gasteiger charge is -2.59. The Balaban J connectivity index is 0.857. The molecule has 6 aromatic rings. The number of methoxy groups -OCH3 is 2. The van der Waals surface area contributed by atoms with Crippen LogP contribution < -0.4 is 34.2 Å². The number of aliphatic hydroxyl groups is 1. The number of H-pyrrole nitrogens is 1. The highest BCUT2D eigenvalue weighted by molar-refractivity contribution is 7.90. The number of hydroxylamine groups is 1. The van der Waals surface area contributed by atoms with E-state index in [9.17, 15) is 27.9 Å². The third kappa shape index (κ3) is 11.7. The minimum absolute atomic E-state index is 0.00600. The first-order valence-corrected chi connectivity index (χ1v) is 28.2. The van der Waals surface area contributed by atoms with Crippen molar-refractivity contribution in [1.82, 2.24) is 34.5 Å². The van der Waals surface area contributed by atoms with Gasteiger partial charge in [-0.05, 0) is 117 Å². The molecule has 0 bridgehead atoms. The summed E-state index contributed by atoms with van der Waals surface area (Å²) in [6.07, 6.45) is 9.91. The van der Waals surface area contributed by atoms with Gasteiger partial charge in [0.15, 0.2) is 5.75 Å². The summed E-state index contributed by atoms with van der Waals surface area (Å²) in [6.45, 7) is 13.1. The molecule has 4 fully saturated rings. The van der Waals surface area contributed by atoms with E-state index in [1.807, 2.05) is 19.2 Å². The second-order valence-electron chi connectivity index (χ2n) is 22.2. The molecule has 2 unspecified atom stereocenters. The first-order valence-electron chi connectivity index (χ1n) is 26.7. The smallest absolute Gasteiger partial charge is 0.268 e. The van der Waals surface area contributed by atoms with Crippen molar-refractivity contribution in [3.8, 4) is 23.3 Å². The molecule has 7 heterocycles. The first kappa shape index (κ1) is 53.8. The lowest BCUT2D eigenvalue weighted by Crippen LogP contribution is -2.65. The Morgan fingerprint density at radius 1 is 0.974 bits per heavy atom. The fourth-order valence-electron chi connectivity index (χ4n) is 12.0. The standard InChI is InChI=1S/C57H70FN10O8S/c1-36(2)41-9-7-8-10-42(41)45-33-66(32-38-15-21-59-51(25-38)74-5)22-16-47(45)68-34-57(35-68)19-23-67(24-20-57)39-11-12-43(49(26-39)76-50-28-44-46(58)31-62-52(44)63-55(50)75-6)54(69)64-77(72,73)40-27-48(65(4)71)53(61-30-40)60-29-37-13-17-56(3,70)18-14-37/h7-12,15,21,25-28,30-31,36-37,45,47,70H,13-14,16-20,22-24,29,32-35H2,1-6H3,(H,60,61)(H,62,63)(H,64,69)/q-1. The Morgan fingerprint density at radius 3 is 2.47 bits per heavy atom. The van der Waals surface area contributed by atoms with Gasteiger partial charge in [-0.1, -0.05) is 38.1 Å². The number of ether oxygens (including phenoxy) is 3. The molecule has 1 spiro atoms. The van der Waals surface area contributed by atoms with Crippen molar-refractivity contribution >= 4 is 44.2 Å². The van der Waals surface area contributed by atoms with Gasteiger partial charge < -0.3 is 44.8 Å². The Morgan fingerprint density at radius 2 is 1.74 bits per heavy atom.